The van der Waals surface area contributed by atoms with Gasteiger partial charge in [0.1, 0.15) is 16.5 Å². The minimum atomic E-state index is -4.07. The maximum absolute atomic E-state index is 13.3. The maximum atomic E-state index is 13.3. The molecule has 14 heavy (non-hydrogen) atoms. The SMILES string of the molecule is COc1cc(C)c(F)c(S(=O)(=O)Cl)c1. The number of aryl methyl sites for hydroxylation is 1. The number of ether oxygens (including phenoxy) is 1. The van der Waals surface area contributed by atoms with E-state index in [2.05, 4.69) is 0 Å². The molecule has 3 nitrogen and oxygen atoms in total. The van der Waals surface area contributed by atoms with Gasteiger partial charge in [-0.1, -0.05) is 0 Å². The van der Waals surface area contributed by atoms with Crippen molar-refractivity contribution < 1.29 is 17.5 Å². The summed E-state index contributed by atoms with van der Waals surface area (Å²) in [6, 6.07) is 2.44. The Balaban J connectivity index is 3.51. The van der Waals surface area contributed by atoms with E-state index in [4.69, 9.17) is 15.4 Å². The minimum Gasteiger partial charge on any atom is -0.497 e. The summed E-state index contributed by atoms with van der Waals surface area (Å²) in [5, 5.41) is 0. The Bertz CT molecular complexity index is 456. The molecule has 6 heteroatoms. The second kappa shape index (κ2) is 3.74. The molecule has 1 aromatic rings. The molecule has 0 radical (unpaired) electrons. The molecule has 0 spiro atoms. The molecule has 0 unspecified atom stereocenters. The van der Waals surface area contributed by atoms with Crippen LogP contribution in [0, 0.1) is 12.7 Å². The van der Waals surface area contributed by atoms with Crippen LogP contribution in [0.5, 0.6) is 5.75 Å². The second-order valence-corrected chi connectivity index (χ2v) is 5.23. The number of halogens is 2. The Morgan fingerprint density at radius 3 is 2.43 bits per heavy atom. The molecular weight excluding hydrogens is 231 g/mol. The predicted octanol–water partition coefficient (Wildman–Crippen LogP) is 2.07. The molecule has 0 heterocycles. The van der Waals surface area contributed by atoms with Crippen LogP contribution in [0.2, 0.25) is 0 Å². The van der Waals surface area contributed by atoms with Gasteiger partial charge < -0.3 is 4.74 Å². The molecule has 0 amide bonds. The van der Waals surface area contributed by atoms with Crippen molar-refractivity contribution in [2.45, 2.75) is 11.8 Å². The van der Waals surface area contributed by atoms with Crippen molar-refractivity contribution in [1.82, 2.24) is 0 Å². The molecule has 0 aliphatic heterocycles. The number of hydrogen-bond acceptors (Lipinski definition) is 3. The van der Waals surface area contributed by atoms with E-state index in [1.54, 1.807) is 0 Å². The van der Waals surface area contributed by atoms with Gasteiger partial charge in [0.2, 0.25) is 0 Å². The van der Waals surface area contributed by atoms with Crippen LogP contribution in [-0.2, 0) is 9.05 Å². The van der Waals surface area contributed by atoms with Crippen LogP contribution >= 0.6 is 10.7 Å². The molecule has 0 N–H and O–H groups in total. The summed E-state index contributed by atoms with van der Waals surface area (Å²) in [5.41, 5.74) is 0.170. The largest absolute Gasteiger partial charge is 0.497 e. The summed E-state index contributed by atoms with van der Waals surface area (Å²) in [7, 11) is 2.33. The van der Waals surface area contributed by atoms with Crippen LogP contribution in [0.25, 0.3) is 0 Å². The first-order chi connectivity index (χ1) is 6.36. The summed E-state index contributed by atoms with van der Waals surface area (Å²) >= 11 is 0. The van der Waals surface area contributed by atoms with Crippen molar-refractivity contribution in [3.05, 3.63) is 23.5 Å². The van der Waals surface area contributed by atoms with Gasteiger partial charge in [0.15, 0.2) is 0 Å². The van der Waals surface area contributed by atoms with Crippen molar-refractivity contribution in [3.8, 4) is 5.75 Å². The van der Waals surface area contributed by atoms with Gasteiger partial charge >= 0.3 is 0 Å². The highest BCUT2D eigenvalue weighted by Crippen LogP contribution is 2.26. The molecule has 0 aliphatic carbocycles. The highest BCUT2D eigenvalue weighted by Gasteiger charge is 2.19. The molecule has 1 aromatic carbocycles. The first kappa shape index (κ1) is 11.3. The van der Waals surface area contributed by atoms with Gasteiger partial charge in [0, 0.05) is 16.7 Å². The fraction of sp³-hybridized carbons (Fsp3) is 0.250. The van der Waals surface area contributed by atoms with E-state index >= 15 is 0 Å². The Kier molecular flexibility index (Phi) is 3.01. The van der Waals surface area contributed by atoms with Crippen molar-refractivity contribution in [2.24, 2.45) is 0 Å². The summed E-state index contributed by atoms with van der Waals surface area (Å²) in [6.07, 6.45) is 0. The minimum absolute atomic E-state index is 0.170. The van der Waals surface area contributed by atoms with Crippen LogP contribution in [0.4, 0.5) is 4.39 Å². The van der Waals surface area contributed by atoms with Gasteiger partial charge in [0.25, 0.3) is 9.05 Å². The van der Waals surface area contributed by atoms with Crippen molar-refractivity contribution in [1.29, 1.82) is 0 Å². The van der Waals surface area contributed by atoms with Gasteiger partial charge in [-0.15, -0.1) is 0 Å². The van der Waals surface area contributed by atoms with Crippen LogP contribution in [0.1, 0.15) is 5.56 Å². The van der Waals surface area contributed by atoms with Crippen molar-refractivity contribution >= 4 is 19.7 Å². The smallest absolute Gasteiger partial charge is 0.264 e. The number of hydrogen-bond donors (Lipinski definition) is 0. The summed E-state index contributed by atoms with van der Waals surface area (Å²) in [4.78, 5) is -0.559. The van der Waals surface area contributed by atoms with E-state index in [1.807, 2.05) is 0 Å². The Morgan fingerprint density at radius 2 is 2.00 bits per heavy atom. The Hall–Kier alpha value is -0.810. The average molecular weight is 239 g/mol. The van der Waals surface area contributed by atoms with E-state index in [-0.39, 0.29) is 11.3 Å². The molecule has 0 aromatic heterocycles. The van der Waals surface area contributed by atoms with Gasteiger partial charge in [-0.2, -0.15) is 0 Å². The summed E-state index contributed by atoms with van der Waals surface area (Å²) in [6.45, 7) is 1.43. The third-order valence-electron chi connectivity index (χ3n) is 1.69. The molecular formula is C8H8ClFO3S. The zero-order chi connectivity index (χ0) is 10.9. The third kappa shape index (κ3) is 2.16. The van der Waals surface area contributed by atoms with Crippen LogP contribution in [0.3, 0.4) is 0 Å². The predicted molar refractivity (Wildman–Crippen MR) is 50.7 cm³/mol. The van der Waals surface area contributed by atoms with E-state index in [9.17, 15) is 12.8 Å². The van der Waals surface area contributed by atoms with E-state index < -0.39 is 19.8 Å². The zero-order valence-electron chi connectivity index (χ0n) is 7.54. The molecule has 0 saturated heterocycles. The quantitative estimate of drug-likeness (QED) is 0.741. The first-order valence-electron chi connectivity index (χ1n) is 3.65. The molecule has 0 atom stereocenters. The number of rotatable bonds is 2. The first-order valence-corrected chi connectivity index (χ1v) is 5.96. The Labute approximate surface area is 85.9 Å². The Morgan fingerprint density at radius 1 is 1.43 bits per heavy atom. The lowest BCUT2D eigenvalue weighted by Gasteiger charge is -2.05. The fourth-order valence-electron chi connectivity index (χ4n) is 1.00. The number of methoxy groups -OCH3 is 1. The highest BCUT2D eigenvalue weighted by molar-refractivity contribution is 8.13. The molecule has 1 rings (SSSR count). The van der Waals surface area contributed by atoms with Gasteiger partial charge in [0.05, 0.1) is 7.11 Å². The topological polar surface area (TPSA) is 43.4 Å². The molecule has 0 fully saturated rings. The lowest BCUT2D eigenvalue weighted by atomic mass is 10.2. The number of benzene rings is 1. The van der Waals surface area contributed by atoms with Crippen molar-refractivity contribution in [3.63, 3.8) is 0 Å². The average Bonchev–Trinajstić information content (AvgIpc) is 2.07. The van der Waals surface area contributed by atoms with Crippen LogP contribution in [-0.4, -0.2) is 15.5 Å². The fourth-order valence-corrected chi connectivity index (χ4v) is 1.97. The standard InChI is InChI=1S/C8H8ClFO3S/c1-5-3-6(13-2)4-7(8(5)10)14(9,11)12/h3-4H,1-2H3. The normalized spacial score (nSPS) is 11.4. The van der Waals surface area contributed by atoms with Gasteiger partial charge in [-0.05, 0) is 18.6 Å². The molecule has 0 bridgehead atoms. The lowest BCUT2D eigenvalue weighted by molar-refractivity contribution is 0.410. The van der Waals surface area contributed by atoms with E-state index in [0.29, 0.717) is 0 Å². The van der Waals surface area contributed by atoms with Gasteiger partial charge in [-0.25, -0.2) is 12.8 Å². The third-order valence-corrected chi connectivity index (χ3v) is 3.01. The molecule has 78 valence electrons. The second-order valence-electron chi connectivity index (χ2n) is 2.69. The van der Waals surface area contributed by atoms with Gasteiger partial charge in [-0.3, -0.25) is 0 Å². The van der Waals surface area contributed by atoms with E-state index in [0.717, 1.165) is 6.07 Å². The van der Waals surface area contributed by atoms with Crippen LogP contribution in [0.15, 0.2) is 17.0 Å². The van der Waals surface area contributed by atoms with Crippen LogP contribution < -0.4 is 4.74 Å². The summed E-state index contributed by atoms with van der Waals surface area (Å²) < 4.78 is 40.0. The summed E-state index contributed by atoms with van der Waals surface area (Å²) in [5.74, 6) is -0.594. The molecule has 0 saturated carbocycles. The lowest BCUT2D eigenvalue weighted by Crippen LogP contribution is -1.99. The highest BCUT2D eigenvalue weighted by atomic mass is 35.7. The zero-order valence-corrected chi connectivity index (χ0v) is 9.12. The maximum Gasteiger partial charge on any atom is 0.264 e. The van der Waals surface area contributed by atoms with E-state index in [1.165, 1.54) is 20.1 Å². The van der Waals surface area contributed by atoms with Crippen molar-refractivity contribution in [2.75, 3.05) is 7.11 Å². The monoisotopic (exact) mass is 238 g/mol. The molecule has 0 aliphatic rings.